The number of hydrogen-bond donors (Lipinski definition) is 2. The molecule has 0 amide bonds. The largest absolute Gasteiger partial charge is 0.367 e. The van der Waals surface area contributed by atoms with E-state index >= 15 is 0 Å². The number of aromatic nitrogens is 4. The van der Waals surface area contributed by atoms with Crippen molar-refractivity contribution in [2.75, 3.05) is 26.0 Å². The van der Waals surface area contributed by atoms with Crippen LogP contribution in [-0.2, 0) is 0 Å². The number of nitrogens with zero attached hydrogens (tertiary/aromatic N) is 4. The Morgan fingerprint density at radius 1 is 1.19 bits per heavy atom. The summed E-state index contributed by atoms with van der Waals surface area (Å²) in [6.07, 6.45) is 3.28. The van der Waals surface area contributed by atoms with Crippen molar-refractivity contribution in [1.82, 2.24) is 25.1 Å². The van der Waals surface area contributed by atoms with Gasteiger partial charge in [0.1, 0.15) is 12.1 Å². The van der Waals surface area contributed by atoms with Gasteiger partial charge in [-0.05, 0) is 19.7 Å². The summed E-state index contributed by atoms with van der Waals surface area (Å²) >= 11 is 0. The molecule has 2 heterocycles. The molecule has 0 radical (unpaired) electrons. The second kappa shape index (κ2) is 5.88. The number of aromatic amines is 1. The van der Waals surface area contributed by atoms with E-state index in [1.54, 1.807) is 6.20 Å². The van der Waals surface area contributed by atoms with Crippen molar-refractivity contribution in [1.29, 1.82) is 0 Å². The summed E-state index contributed by atoms with van der Waals surface area (Å²) in [5, 5.41) is 11.2. The molecule has 0 spiro atoms. The van der Waals surface area contributed by atoms with Gasteiger partial charge in [0, 0.05) is 6.54 Å². The molecule has 0 bridgehead atoms. The van der Waals surface area contributed by atoms with Crippen molar-refractivity contribution in [3.63, 3.8) is 0 Å². The van der Waals surface area contributed by atoms with Gasteiger partial charge in [0.15, 0.2) is 5.65 Å². The van der Waals surface area contributed by atoms with Crippen molar-refractivity contribution in [3.05, 3.63) is 48.4 Å². The van der Waals surface area contributed by atoms with Crippen LogP contribution in [0.25, 0.3) is 11.0 Å². The van der Waals surface area contributed by atoms with Gasteiger partial charge in [-0.1, -0.05) is 30.3 Å². The molecule has 0 aliphatic carbocycles. The van der Waals surface area contributed by atoms with Crippen LogP contribution in [0, 0.1) is 0 Å². The third-order valence-electron chi connectivity index (χ3n) is 3.52. The number of rotatable bonds is 5. The van der Waals surface area contributed by atoms with E-state index in [9.17, 15) is 0 Å². The molecule has 0 aliphatic rings. The van der Waals surface area contributed by atoms with Crippen molar-refractivity contribution in [3.8, 4) is 0 Å². The smallest absolute Gasteiger partial charge is 0.160 e. The highest BCUT2D eigenvalue weighted by Crippen LogP contribution is 2.21. The Morgan fingerprint density at radius 3 is 2.76 bits per heavy atom. The molecule has 1 atom stereocenters. The van der Waals surface area contributed by atoms with E-state index in [0.29, 0.717) is 0 Å². The number of likely N-dealkylation sites (N-methyl/N-ethyl adjacent to an activating group) is 1. The first kappa shape index (κ1) is 13.5. The summed E-state index contributed by atoms with van der Waals surface area (Å²) in [6, 6.07) is 10.7. The highest BCUT2D eigenvalue weighted by atomic mass is 15.2. The minimum absolute atomic E-state index is 0.267. The van der Waals surface area contributed by atoms with Gasteiger partial charge in [-0.3, -0.25) is 5.10 Å². The molecule has 0 unspecified atom stereocenters. The Kier molecular flexibility index (Phi) is 3.79. The monoisotopic (exact) mass is 282 g/mol. The number of H-pyrrole nitrogens is 1. The lowest BCUT2D eigenvalue weighted by Crippen LogP contribution is -2.27. The standard InChI is InChI=1S/C15H18N6/c1-21(2)13(11-6-4-3-5-7-11)9-16-14-12-8-19-20-15(12)18-10-17-14/h3-8,10,13H,9H2,1-2H3,(H2,16,17,18,19,20)/t13-/m1/s1. The molecule has 2 N–H and O–H groups in total. The molecular formula is C15H18N6. The number of nitrogens with one attached hydrogen (secondary N) is 2. The van der Waals surface area contributed by atoms with E-state index < -0.39 is 0 Å². The molecule has 0 fully saturated rings. The lowest BCUT2D eigenvalue weighted by molar-refractivity contribution is 0.311. The zero-order valence-corrected chi connectivity index (χ0v) is 12.1. The van der Waals surface area contributed by atoms with Crippen LogP contribution in [0.5, 0.6) is 0 Å². The highest BCUT2D eigenvalue weighted by molar-refractivity contribution is 5.85. The average molecular weight is 282 g/mol. The zero-order chi connectivity index (χ0) is 14.7. The summed E-state index contributed by atoms with van der Waals surface area (Å²) in [7, 11) is 4.15. The van der Waals surface area contributed by atoms with Gasteiger partial charge in [-0.25, -0.2) is 9.97 Å². The van der Waals surface area contributed by atoms with Crippen molar-refractivity contribution < 1.29 is 0 Å². The van der Waals surface area contributed by atoms with Gasteiger partial charge in [0.2, 0.25) is 0 Å². The molecule has 3 aromatic rings. The average Bonchev–Trinajstić information content (AvgIpc) is 2.97. The van der Waals surface area contributed by atoms with Crippen molar-refractivity contribution in [2.45, 2.75) is 6.04 Å². The Morgan fingerprint density at radius 2 is 2.00 bits per heavy atom. The normalized spacial score (nSPS) is 12.7. The number of benzene rings is 1. The quantitative estimate of drug-likeness (QED) is 0.749. The van der Waals surface area contributed by atoms with Crippen LogP contribution in [0.2, 0.25) is 0 Å². The van der Waals surface area contributed by atoms with Gasteiger partial charge >= 0.3 is 0 Å². The van der Waals surface area contributed by atoms with Crippen LogP contribution in [-0.4, -0.2) is 45.7 Å². The Balaban J connectivity index is 1.80. The maximum Gasteiger partial charge on any atom is 0.160 e. The van der Waals surface area contributed by atoms with Gasteiger partial charge in [0.05, 0.1) is 17.6 Å². The van der Waals surface area contributed by atoms with Crippen LogP contribution in [0.4, 0.5) is 5.82 Å². The van der Waals surface area contributed by atoms with Gasteiger partial charge < -0.3 is 10.2 Å². The number of fused-ring (bicyclic) bond motifs is 1. The summed E-state index contributed by atoms with van der Waals surface area (Å²) < 4.78 is 0. The van der Waals surface area contributed by atoms with E-state index in [2.05, 4.69) is 68.7 Å². The van der Waals surface area contributed by atoms with Crippen LogP contribution < -0.4 is 5.32 Å². The Bertz CT molecular complexity index is 706. The van der Waals surface area contributed by atoms with Gasteiger partial charge in [-0.15, -0.1) is 0 Å². The van der Waals surface area contributed by atoms with Crippen LogP contribution in [0.15, 0.2) is 42.9 Å². The lowest BCUT2D eigenvalue weighted by Gasteiger charge is -2.25. The molecule has 1 aromatic carbocycles. The highest BCUT2D eigenvalue weighted by Gasteiger charge is 2.14. The topological polar surface area (TPSA) is 69.7 Å². The molecular weight excluding hydrogens is 264 g/mol. The predicted molar refractivity (Wildman–Crippen MR) is 83.0 cm³/mol. The summed E-state index contributed by atoms with van der Waals surface area (Å²) in [5.74, 6) is 0.802. The minimum atomic E-state index is 0.267. The Hall–Kier alpha value is -2.47. The fourth-order valence-electron chi connectivity index (χ4n) is 2.37. The number of hydrogen-bond acceptors (Lipinski definition) is 5. The van der Waals surface area contributed by atoms with Gasteiger partial charge in [-0.2, -0.15) is 5.10 Å². The van der Waals surface area contributed by atoms with Crippen molar-refractivity contribution in [2.24, 2.45) is 0 Å². The van der Waals surface area contributed by atoms with Crippen LogP contribution in [0.3, 0.4) is 0 Å². The molecule has 108 valence electrons. The second-order valence-corrected chi connectivity index (χ2v) is 5.13. The third-order valence-corrected chi connectivity index (χ3v) is 3.52. The zero-order valence-electron chi connectivity index (χ0n) is 12.1. The molecule has 6 heteroatoms. The summed E-state index contributed by atoms with van der Waals surface area (Å²) in [6.45, 7) is 0.758. The Labute approximate surface area is 123 Å². The second-order valence-electron chi connectivity index (χ2n) is 5.13. The SMILES string of the molecule is CN(C)[C@H](CNc1ncnc2[nH]ncc12)c1ccccc1. The molecule has 0 aliphatic heterocycles. The van der Waals surface area contributed by atoms with E-state index in [-0.39, 0.29) is 6.04 Å². The number of anilines is 1. The van der Waals surface area contributed by atoms with Gasteiger partial charge in [0.25, 0.3) is 0 Å². The maximum absolute atomic E-state index is 4.30. The fourth-order valence-corrected chi connectivity index (χ4v) is 2.37. The first-order chi connectivity index (χ1) is 10.3. The van der Waals surface area contributed by atoms with E-state index in [1.807, 2.05) is 6.07 Å². The van der Waals surface area contributed by atoms with Crippen molar-refractivity contribution >= 4 is 16.9 Å². The molecule has 0 saturated carbocycles. The lowest BCUT2D eigenvalue weighted by atomic mass is 10.1. The minimum Gasteiger partial charge on any atom is -0.367 e. The van der Waals surface area contributed by atoms with E-state index in [0.717, 1.165) is 23.4 Å². The molecule has 6 nitrogen and oxygen atoms in total. The van der Waals surface area contributed by atoms with E-state index in [1.165, 1.54) is 11.9 Å². The first-order valence-corrected chi connectivity index (χ1v) is 6.85. The molecule has 2 aromatic heterocycles. The molecule has 3 rings (SSSR count). The van der Waals surface area contributed by atoms with Crippen LogP contribution >= 0.6 is 0 Å². The maximum atomic E-state index is 4.30. The fraction of sp³-hybridized carbons (Fsp3) is 0.267. The van der Waals surface area contributed by atoms with Crippen LogP contribution in [0.1, 0.15) is 11.6 Å². The van der Waals surface area contributed by atoms with E-state index in [4.69, 9.17) is 0 Å². The first-order valence-electron chi connectivity index (χ1n) is 6.85. The molecule has 21 heavy (non-hydrogen) atoms. The summed E-state index contributed by atoms with van der Waals surface area (Å²) in [5.41, 5.74) is 2.01. The summed E-state index contributed by atoms with van der Waals surface area (Å²) in [4.78, 5) is 10.6. The third kappa shape index (κ3) is 2.85. The molecule has 0 saturated heterocycles. The predicted octanol–water partition coefficient (Wildman–Crippen LogP) is 2.07.